The summed E-state index contributed by atoms with van der Waals surface area (Å²) in [4.78, 5) is 10.6. The fraction of sp³-hybridized carbons (Fsp3) is 0.222. The zero-order valence-electron chi connectivity index (χ0n) is 6.99. The van der Waals surface area contributed by atoms with Crippen molar-refractivity contribution in [1.82, 2.24) is 0 Å². The Hall–Kier alpha value is -0.670. The van der Waals surface area contributed by atoms with Crippen LogP contribution in [0.25, 0.3) is 0 Å². The Labute approximate surface area is 86.9 Å². The second-order valence-corrected chi connectivity index (χ2v) is 3.69. The SMILES string of the molecule is Cc1ccc(Cl)cc1C(S)C(=O)O. The van der Waals surface area contributed by atoms with E-state index in [4.69, 9.17) is 16.7 Å². The van der Waals surface area contributed by atoms with E-state index < -0.39 is 11.2 Å². The summed E-state index contributed by atoms with van der Waals surface area (Å²) in [5.41, 5.74) is 1.52. The van der Waals surface area contributed by atoms with Crippen LogP contribution in [0.4, 0.5) is 0 Å². The Kier molecular flexibility index (Phi) is 3.22. The molecule has 0 aliphatic rings. The van der Waals surface area contributed by atoms with E-state index in [1.165, 1.54) is 0 Å². The van der Waals surface area contributed by atoms with E-state index in [1.807, 2.05) is 6.92 Å². The van der Waals surface area contributed by atoms with E-state index in [0.29, 0.717) is 10.6 Å². The number of hydrogen-bond donors (Lipinski definition) is 2. The smallest absolute Gasteiger partial charge is 0.320 e. The topological polar surface area (TPSA) is 37.3 Å². The Morgan fingerprint density at radius 1 is 1.62 bits per heavy atom. The number of carbonyl (C=O) groups is 1. The minimum atomic E-state index is -0.964. The Morgan fingerprint density at radius 3 is 2.77 bits per heavy atom. The average Bonchev–Trinajstić information content (AvgIpc) is 2.08. The van der Waals surface area contributed by atoms with Gasteiger partial charge in [0.25, 0.3) is 0 Å². The second-order valence-electron chi connectivity index (χ2n) is 2.74. The summed E-state index contributed by atoms with van der Waals surface area (Å²) in [5, 5.41) is 8.45. The predicted octanol–water partition coefficient (Wildman–Crippen LogP) is 2.70. The zero-order chi connectivity index (χ0) is 10.0. The largest absolute Gasteiger partial charge is 0.480 e. The molecule has 4 heteroatoms. The van der Waals surface area contributed by atoms with E-state index in [1.54, 1.807) is 18.2 Å². The first-order chi connectivity index (χ1) is 6.02. The van der Waals surface area contributed by atoms with Crippen LogP contribution in [0, 0.1) is 6.92 Å². The van der Waals surface area contributed by atoms with Crippen LogP contribution in [0.1, 0.15) is 16.4 Å². The molecule has 0 aliphatic carbocycles. The second kappa shape index (κ2) is 4.03. The van der Waals surface area contributed by atoms with Crippen molar-refractivity contribution >= 4 is 30.2 Å². The number of thiol groups is 1. The number of halogens is 1. The van der Waals surface area contributed by atoms with Gasteiger partial charge < -0.3 is 5.11 Å². The average molecular weight is 217 g/mol. The van der Waals surface area contributed by atoms with Crippen molar-refractivity contribution in [3.05, 3.63) is 34.3 Å². The number of benzene rings is 1. The third kappa shape index (κ3) is 2.39. The number of carboxylic acids is 1. The summed E-state index contributed by atoms with van der Waals surface area (Å²) in [7, 11) is 0. The van der Waals surface area contributed by atoms with Crippen molar-refractivity contribution in [2.45, 2.75) is 12.2 Å². The monoisotopic (exact) mass is 216 g/mol. The maximum atomic E-state index is 10.6. The van der Waals surface area contributed by atoms with Crippen LogP contribution in [0.3, 0.4) is 0 Å². The van der Waals surface area contributed by atoms with Crippen molar-refractivity contribution in [3.8, 4) is 0 Å². The van der Waals surface area contributed by atoms with E-state index in [2.05, 4.69) is 12.6 Å². The molecule has 1 aromatic carbocycles. The van der Waals surface area contributed by atoms with Crippen LogP contribution in [-0.4, -0.2) is 11.1 Å². The summed E-state index contributed by atoms with van der Waals surface area (Å²) in [6.45, 7) is 1.83. The van der Waals surface area contributed by atoms with Gasteiger partial charge in [-0.25, -0.2) is 0 Å². The van der Waals surface area contributed by atoms with Crippen LogP contribution >= 0.6 is 24.2 Å². The lowest BCUT2D eigenvalue weighted by molar-refractivity contribution is -0.136. The molecule has 0 saturated carbocycles. The van der Waals surface area contributed by atoms with Gasteiger partial charge in [0.1, 0.15) is 5.25 Å². The lowest BCUT2D eigenvalue weighted by atomic mass is 10.1. The van der Waals surface area contributed by atoms with Crippen LogP contribution in [0.2, 0.25) is 5.02 Å². The Morgan fingerprint density at radius 2 is 2.23 bits per heavy atom. The third-order valence-corrected chi connectivity index (χ3v) is 2.50. The van der Waals surface area contributed by atoms with Gasteiger partial charge in [-0.1, -0.05) is 17.7 Å². The lowest BCUT2D eigenvalue weighted by Gasteiger charge is -2.09. The fourth-order valence-electron chi connectivity index (χ4n) is 1.04. The quantitative estimate of drug-likeness (QED) is 0.746. The van der Waals surface area contributed by atoms with Crippen molar-refractivity contribution in [3.63, 3.8) is 0 Å². The molecule has 0 radical (unpaired) electrons. The number of aryl methyl sites for hydroxylation is 1. The molecule has 0 fully saturated rings. The van der Waals surface area contributed by atoms with E-state index in [0.717, 1.165) is 5.56 Å². The van der Waals surface area contributed by atoms with Gasteiger partial charge in [-0.15, -0.1) is 0 Å². The molecule has 0 aliphatic heterocycles. The molecule has 1 unspecified atom stereocenters. The Balaban J connectivity index is 3.12. The van der Waals surface area contributed by atoms with Crippen molar-refractivity contribution in [2.75, 3.05) is 0 Å². The molecule has 1 N–H and O–H groups in total. The van der Waals surface area contributed by atoms with Gasteiger partial charge in [-0.2, -0.15) is 12.6 Å². The van der Waals surface area contributed by atoms with Crippen molar-refractivity contribution < 1.29 is 9.90 Å². The molecule has 70 valence electrons. The molecule has 0 aromatic heterocycles. The lowest BCUT2D eigenvalue weighted by Crippen LogP contribution is -2.06. The third-order valence-electron chi connectivity index (χ3n) is 1.77. The van der Waals surface area contributed by atoms with Crippen LogP contribution in [-0.2, 0) is 4.79 Å². The van der Waals surface area contributed by atoms with Gasteiger partial charge in [-0.3, -0.25) is 4.79 Å². The van der Waals surface area contributed by atoms with Gasteiger partial charge in [0, 0.05) is 5.02 Å². The highest BCUT2D eigenvalue weighted by atomic mass is 35.5. The molecule has 2 nitrogen and oxygen atoms in total. The summed E-state index contributed by atoms with van der Waals surface area (Å²) < 4.78 is 0. The first-order valence-corrected chi connectivity index (χ1v) is 4.58. The minimum absolute atomic E-state index is 0.529. The van der Waals surface area contributed by atoms with Gasteiger partial charge in [-0.05, 0) is 30.2 Å². The molecule has 0 saturated heterocycles. The minimum Gasteiger partial charge on any atom is -0.480 e. The summed E-state index contributed by atoms with van der Waals surface area (Å²) >= 11 is 9.71. The molecule has 0 heterocycles. The molecule has 13 heavy (non-hydrogen) atoms. The molecular formula is C9H9ClO2S. The fourth-order valence-corrected chi connectivity index (χ4v) is 1.50. The molecule has 1 aromatic rings. The first kappa shape index (κ1) is 10.4. The molecule has 0 amide bonds. The maximum Gasteiger partial charge on any atom is 0.320 e. The number of aliphatic carboxylic acids is 1. The summed E-state index contributed by atoms with van der Waals surface area (Å²) in [5.74, 6) is -0.964. The van der Waals surface area contributed by atoms with Crippen LogP contribution in [0.5, 0.6) is 0 Å². The highest BCUT2D eigenvalue weighted by Gasteiger charge is 2.16. The predicted molar refractivity (Wildman–Crippen MR) is 55.6 cm³/mol. The van der Waals surface area contributed by atoms with Gasteiger partial charge in [0.2, 0.25) is 0 Å². The summed E-state index contributed by atoms with van der Waals surface area (Å²) in [6, 6.07) is 5.13. The molecule has 1 rings (SSSR count). The zero-order valence-corrected chi connectivity index (χ0v) is 8.64. The van der Waals surface area contributed by atoms with E-state index >= 15 is 0 Å². The highest BCUT2D eigenvalue weighted by molar-refractivity contribution is 7.81. The van der Waals surface area contributed by atoms with Crippen molar-refractivity contribution in [1.29, 1.82) is 0 Å². The van der Waals surface area contributed by atoms with Gasteiger partial charge in [0.15, 0.2) is 0 Å². The van der Waals surface area contributed by atoms with E-state index in [9.17, 15) is 4.79 Å². The molecule has 1 atom stereocenters. The van der Waals surface area contributed by atoms with Gasteiger partial charge in [0.05, 0.1) is 0 Å². The number of rotatable bonds is 2. The van der Waals surface area contributed by atoms with Crippen LogP contribution in [0.15, 0.2) is 18.2 Å². The standard InChI is InChI=1S/C9H9ClO2S/c1-5-2-3-6(10)4-7(5)8(13)9(11)12/h2-4,8,13H,1H3,(H,11,12). The highest BCUT2D eigenvalue weighted by Crippen LogP contribution is 2.26. The number of carboxylic acid groups (broad SMARTS) is 1. The van der Waals surface area contributed by atoms with Gasteiger partial charge >= 0.3 is 5.97 Å². The first-order valence-electron chi connectivity index (χ1n) is 3.69. The summed E-state index contributed by atoms with van der Waals surface area (Å²) in [6.07, 6.45) is 0. The normalized spacial score (nSPS) is 12.5. The van der Waals surface area contributed by atoms with Crippen molar-refractivity contribution in [2.24, 2.45) is 0 Å². The molecule has 0 spiro atoms. The Bertz CT molecular complexity index is 338. The molecule has 0 bridgehead atoms. The maximum absolute atomic E-state index is 10.6. The van der Waals surface area contributed by atoms with E-state index in [-0.39, 0.29) is 0 Å². The molecular weight excluding hydrogens is 208 g/mol. The van der Waals surface area contributed by atoms with Crippen LogP contribution < -0.4 is 0 Å². The number of hydrogen-bond acceptors (Lipinski definition) is 2.